The molecule has 2 rings (SSSR count). The molecule has 5 N–H and O–H groups in total. The Balaban J connectivity index is 2.08. The lowest BCUT2D eigenvalue weighted by atomic mass is 10.2. The topological polar surface area (TPSA) is 113 Å². The van der Waals surface area contributed by atoms with Crippen LogP contribution in [0.2, 0.25) is 10.2 Å². The van der Waals surface area contributed by atoms with Crippen LogP contribution in [0.3, 0.4) is 0 Å². The smallest absolute Gasteiger partial charge is 0.264 e. The van der Waals surface area contributed by atoms with Crippen molar-refractivity contribution < 1.29 is 9.90 Å². The standard InChI is InChI=1S/C17H17Cl2N5O2S/c1-9-21-14(19)6-15(22-9)23-10(2)27-13(7-20)17(26)24-16-11(8-25)4-3-5-12(16)18/h3-7,25H,2,8,20H2,1H3,(H,24,26)(H,21,22,23)/b13-7-. The summed E-state index contributed by atoms with van der Waals surface area (Å²) >= 11 is 13.0. The van der Waals surface area contributed by atoms with Gasteiger partial charge >= 0.3 is 0 Å². The van der Waals surface area contributed by atoms with Crippen LogP contribution >= 0.6 is 35.0 Å². The number of para-hydroxylation sites is 1. The summed E-state index contributed by atoms with van der Waals surface area (Å²) in [6, 6.07) is 6.47. The third-order valence-corrected chi connectivity index (χ3v) is 4.59. The number of carbonyl (C=O) groups excluding carboxylic acids is 1. The molecular formula is C17H17Cl2N5O2S. The highest BCUT2D eigenvalue weighted by Gasteiger charge is 2.16. The zero-order chi connectivity index (χ0) is 20.0. The SMILES string of the molecule is C=C(Nc1cc(Cl)nc(C)n1)S/C(=C\N)C(=O)Nc1c(Cl)cccc1CO. The van der Waals surface area contributed by atoms with Crippen molar-refractivity contribution in [3.05, 3.63) is 68.5 Å². The third kappa shape index (κ3) is 5.86. The van der Waals surface area contributed by atoms with E-state index in [4.69, 9.17) is 28.9 Å². The van der Waals surface area contributed by atoms with Crippen molar-refractivity contribution in [2.75, 3.05) is 10.6 Å². The Hall–Kier alpha value is -2.26. The lowest BCUT2D eigenvalue weighted by molar-refractivity contribution is -0.112. The number of thioether (sulfide) groups is 1. The van der Waals surface area contributed by atoms with Crippen molar-refractivity contribution in [2.24, 2.45) is 5.73 Å². The van der Waals surface area contributed by atoms with E-state index < -0.39 is 5.91 Å². The first kappa shape index (κ1) is 21.0. The van der Waals surface area contributed by atoms with Crippen LogP contribution in [0, 0.1) is 6.92 Å². The molecule has 2 aromatic rings. The van der Waals surface area contributed by atoms with Crippen LogP contribution < -0.4 is 16.4 Å². The first-order valence-corrected chi connectivity index (χ1v) is 9.17. The van der Waals surface area contributed by atoms with E-state index in [0.29, 0.717) is 32.9 Å². The van der Waals surface area contributed by atoms with Gasteiger partial charge in [-0.3, -0.25) is 4.79 Å². The number of halogens is 2. The van der Waals surface area contributed by atoms with Crippen molar-refractivity contribution >= 4 is 52.4 Å². The summed E-state index contributed by atoms with van der Waals surface area (Å²) in [6.45, 7) is 5.28. The monoisotopic (exact) mass is 425 g/mol. The van der Waals surface area contributed by atoms with Gasteiger partial charge in [-0.05, 0) is 13.0 Å². The summed E-state index contributed by atoms with van der Waals surface area (Å²) in [4.78, 5) is 20.8. The Bertz CT molecular complexity index is 885. The molecule has 0 spiro atoms. The van der Waals surface area contributed by atoms with Gasteiger partial charge < -0.3 is 21.5 Å². The maximum atomic E-state index is 12.5. The number of aliphatic hydroxyl groups excluding tert-OH is 1. The Labute approximate surface area is 170 Å². The minimum Gasteiger partial charge on any atom is -0.404 e. The molecule has 0 saturated carbocycles. The van der Waals surface area contributed by atoms with E-state index in [9.17, 15) is 9.90 Å². The normalized spacial score (nSPS) is 11.2. The number of aromatic nitrogens is 2. The Morgan fingerprint density at radius 3 is 2.74 bits per heavy atom. The molecule has 1 aromatic carbocycles. The molecule has 0 unspecified atom stereocenters. The molecule has 0 saturated heterocycles. The number of carbonyl (C=O) groups is 1. The number of hydrogen-bond acceptors (Lipinski definition) is 7. The number of anilines is 2. The summed E-state index contributed by atoms with van der Waals surface area (Å²) in [5.41, 5.74) is 6.39. The largest absolute Gasteiger partial charge is 0.404 e. The van der Waals surface area contributed by atoms with Crippen LogP contribution in [0.1, 0.15) is 11.4 Å². The number of benzene rings is 1. The number of hydrogen-bond donors (Lipinski definition) is 4. The molecule has 0 aliphatic rings. The number of aliphatic hydroxyl groups is 1. The third-order valence-electron chi connectivity index (χ3n) is 3.19. The Morgan fingerprint density at radius 2 is 2.11 bits per heavy atom. The van der Waals surface area contributed by atoms with Crippen molar-refractivity contribution in [2.45, 2.75) is 13.5 Å². The van der Waals surface area contributed by atoms with E-state index in [-0.39, 0.29) is 16.7 Å². The molecule has 0 atom stereocenters. The average molecular weight is 426 g/mol. The van der Waals surface area contributed by atoms with Crippen molar-refractivity contribution in [3.8, 4) is 0 Å². The predicted molar refractivity (Wildman–Crippen MR) is 110 cm³/mol. The summed E-state index contributed by atoms with van der Waals surface area (Å²) in [5, 5.41) is 16.0. The van der Waals surface area contributed by atoms with Crippen molar-refractivity contribution in [3.63, 3.8) is 0 Å². The first-order chi connectivity index (χ1) is 12.8. The predicted octanol–water partition coefficient (Wildman–Crippen LogP) is 3.64. The van der Waals surface area contributed by atoms with Gasteiger partial charge in [0.05, 0.1) is 27.3 Å². The second kappa shape index (κ2) is 9.61. The van der Waals surface area contributed by atoms with Crippen LogP contribution in [0.25, 0.3) is 0 Å². The van der Waals surface area contributed by atoms with Gasteiger partial charge in [0.1, 0.15) is 16.8 Å². The fourth-order valence-electron chi connectivity index (χ4n) is 2.07. The number of amides is 1. The highest BCUT2D eigenvalue weighted by atomic mass is 35.5. The molecule has 0 bridgehead atoms. The van der Waals surface area contributed by atoms with Gasteiger partial charge in [-0.2, -0.15) is 0 Å². The van der Waals surface area contributed by atoms with Crippen LogP contribution in [-0.4, -0.2) is 21.0 Å². The lowest BCUT2D eigenvalue weighted by Crippen LogP contribution is -2.16. The number of nitrogens with zero attached hydrogens (tertiary/aromatic N) is 2. The quantitative estimate of drug-likeness (QED) is 0.395. The van der Waals surface area contributed by atoms with Gasteiger partial charge in [-0.25, -0.2) is 9.97 Å². The highest BCUT2D eigenvalue weighted by Crippen LogP contribution is 2.30. The molecule has 27 heavy (non-hydrogen) atoms. The molecule has 0 radical (unpaired) electrons. The summed E-state index contributed by atoms with van der Waals surface area (Å²) < 4.78 is 0. The molecule has 10 heteroatoms. The molecule has 0 aliphatic heterocycles. The second-order valence-corrected chi connectivity index (χ2v) is 7.12. The van der Waals surface area contributed by atoms with Gasteiger partial charge in [0.25, 0.3) is 5.91 Å². The molecule has 1 heterocycles. The fourth-order valence-corrected chi connectivity index (χ4v) is 3.17. The molecule has 0 aliphatic carbocycles. The maximum Gasteiger partial charge on any atom is 0.264 e. The van der Waals surface area contributed by atoms with Gasteiger partial charge in [0.2, 0.25) is 0 Å². The fraction of sp³-hybridized carbons (Fsp3) is 0.118. The lowest BCUT2D eigenvalue weighted by Gasteiger charge is -2.14. The van der Waals surface area contributed by atoms with E-state index in [2.05, 4.69) is 27.2 Å². The zero-order valence-electron chi connectivity index (χ0n) is 14.3. The summed E-state index contributed by atoms with van der Waals surface area (Å²) in [5.74, 6) is 0.436. The van der Waals surface area contributed by atoms with E-state index >= 15 is 0 Å². The van der Waals surface area contributed by atoms with Crippen molar-refractivity contribution in [1.29, 1.82) is 0 Å². The van der Waals surface area contributed by atoms with Gasteiger partial charge in [-0.1, -0.05) is 53.7 Å². The Morgan fingerprint density at radius 1 is 1.37 bits per heavy atom. The molecule has 1 aromatic heterocycles. The van der Waals surface area contributed by atoms with Gasteiger partial charge in [0, 0.05) is 17.8 Å². The van der Waals surface area contributed by atoms with Gasteiger partial charge in [-0.15, -0.1) is 0 Å². The number of nitrogens with two attached hydrogens (primary N) is 1. The van der Waals surface area contributed by atoms with Crippen molar-refractivity contribution in [1.82, 2.24) is 9.97 Å². The number of nitrogens with one attached hydrogen (secondary N) is 2. The zero-order valence-corrected chi connectivity index (χ0v) is 16.6. The highest BCUT2D eigenvalue weighted by molar-refractivity contribution is 8.07. The molecular weight excluding hydrogens is 409 g/mol. The maximum absolute atomic E-state index is 12.5. The minimum atomic E-state index is -0.495. The second-order valence-electron chi connectivity index (χ2n) is 5.19. The van der Waals surface area contributed by atoms with E-state index in [0.717, 1.165) is 18.0 Å². The Kier molecular flexibility index (Phi) is 7.49. The van der Waals surface area contributed by atoms with E-state index in [1.54, 1.807) is 25.1 Å². The van der Waals surface area contributed by atoms with E-state index in [1.807, 2.05) is 0 Å². The van der Waals surface area contributed by atoms with Crippen LogP contribution in [0.15, 0.2) is 47.0 Å². The molecule has 1 amide bonds. The summed E-state index contributed by atoms with van der Waals surface area (Å²) in [7, 11) is 0. The minimum absolute atomic E-state index is 0.174. The molecule has 0 fully saturated rings. The average Bonchev–Trinajstić information content (AvgIpc) is 2.60. The first-order valence-electron chi connectivity index (χ1n) is 7.60. The molecule has 142 valence electrons. The molecule has 7 nitrogen and oxygen atoms in total. The summed E-state index contributed by atoms with van der Waals surface area (Å²) in [6.07, 6.45) is 1.15. The van der Waals surface area contributed by atoms with E-state index in [1.165, 1.54) is 6.07 Å². The number of rotatable bonds is 7. The number of aryl methyl sites for hydroxylation is 1. The van der Waals surface area contributed by atoms with Gasteiger partial charge in [0.15, 0.2) is 0 Å². The van der Waals surface area contributed by atoms with Crippen LogP contribution in [-0.2, 0) is 11.4 Å². The van der Waals surface area contributed by atoms with Crippen LogP contribution in [0.4, 0.5) is 11.5 Å². The van der Waals surface area contributed by atoms with Crippen LogP contribution in [0.5, 0.6) is 0 Å².